The molecule has 10 heteroatoms. The van der Waals surface area contributed by atoms with Gasteiger partial charge in [0.15, 0.2) is 0 Å². The number of carboxylic acid groups (broad SMARTS) is 3. The van der Waals surface area contributed by atoms with Crippen LogP contribution in [0, 0.1) is 0 Å². The maximum atomic E-state index is 10.2. The summed E-state index contributed by atoms with van der Waals surface area (Å²) >= 11 is 6.12. The Morgan fingerprint density at radius 2 is 0.459 bits per heavy atom. The van der Waals surface area contributed by atoms with Crippen LogP contribution in [-0.4, -0.2) is 74.9 Å². The van der Waals surface area contributed by atoms with Gasteiger partial charge in [-0.1, -0.05) is 231 Å². The molecule has 0 atom stereocenters. The molecule has 0 bridgehead atoms. The molecule has 0 aromatic rings. The van der Waals surface area contributed by atoms with Crippen LogP contribution in [0.4, 0.5) is 0 Å². The van der Waals surface area contributed by atoms with Crippen molar-refractivity contribution in [1.29, 1.82) is 0 Å². The molecule has 0 saturated heterocycles. The fraction of sp³-hybridized carbons (Fsp3) is 0.859. The second-order valence-corrected chi connectivity index (χ2v) is 24.9. The van der Waals surface area contributed by atoms with Crippen molar-refractivity contribution in [3.63, 3.8) is 0 Å². The van der Waals surface area contributed by atoms with Crippen molar-refractivity contribution in [2.24, 2.45) is 0 Å². The van der Waals surface area contributed by atoms with E-state index in [1.165, 1.54) is 303 Å². The SMILES string of the molecule is CCCCCCCCC=CCCCCCCCCSCC(=O)[O-].CCCCCCCCC=CCCCCCCCCSCC(=O)[O-].CCCCCCCCC=CCCCCCCCCSCC(=O)[O-].CCC[CH2][Sn+3]. The number of carbonyl (C=O) groups is 3. The van der Waals surface area contributed by atoms with Crippen LogP contribution in [0.2, 0.25) is 4.44 Å². The van der Waals surface area contributed by atoms with Gasteiger partial charge in [0.2, 0.25) is 0 Å². The molecule has 0 aromatic heterocycles. The van der Waals surface area contributed by atoms with E-state index in [1.54, 1.807) is 22.5 Å². The topological polar surface area (TPSA) is 120 Å². The van der Waals surface area contributed by atoms with E-state index in [2.05, 4.69) is 64.2 Å². The Hall–Kier alpha value is -0.521. The summed E-state index contributed by atoms with van der Waals surface area (Å²) in [7, 11) is 0. The molecule has 0 aliphatic heterocycles. The Bertz CT molecular complexity index is 1020. The van der Waals surface area contributed by atoms with Crippen LogP contribution in [0.3, 0.4) is 0 Å². The van der Waals surface area contributed by atoms with E-state index >= 15 is 0 Å². The van der Waals surface area contributed by atoms with Gasteiger partial charge in [0.05, 0.1) is 17.9 Å². The van der Waals surface area contributed by atoms with Crippen molar-refractivity contribution in [3.05, 3.63) is 36.5 Å². The fourth-order valence-corrected chi connectivity index (χ4v) is 11.2. The van der Waals surface area contributed by atoms with Gasteiger partial charge < -0.3 is 29.7 Å². The molecule has 0 radical (unpaired) electrons. The number of carbonyl (C=O) groups excluding carboxylic acids is 3. The third-order valence-electron chi connectivity index (χ3n) is 12.6. The van der Waals surface area contributed by atoms with Gasteiger partial charge in [-0.2, -0.15) is 35.3 Å². The Morgan fingerprint density at radius 1 is 0.284 bits per heavy atom. The van der Waals surface area contributed by atoms with E-state index in [0.29, 0.717) is 0 Å². The van der Waals surface area contributed by atoms with E-state index in [0.717, 1.165) is 36.5 Å². The zero-order chi connectivity index (χ0) is 55.2. The summed E-state index contributed by atoms with van der Waals surface area (Å²) in [6, 6.07) is 0. The van der Waals surface area contributed by atoms with E-state index in [9.17, 15) is 29.7 Å². The molecular weight excluding hydrogens is 1080 g/mol. The Labute approximate surface area is 487 Å². The molecule has 0 saturated carbocycles. The van der Waals surface area contributed by atoms with Crippen LogP contribution in [0.1, 0.15) is 310 Å². The van der Waals surface area contributed by atoms with Crippen molar-refractivity contribution >= 4 is 75.7 Å². The Balaban J connectivity index is -0.000000473. The first-order valence-electron chi connectivity index (χ1n) is 31.1. The predicted octanol–water partition coefficient (Wildman–Crippen LogP) is 17.9. The third kappa shape index (κ3) is 93.9. The van der Waals surface area contributed by atoms with Crippen LogP contribution in [0.25, 0.3) is 0 Å². The molecule has 0 unspecified atom stereocenters. The van der Waals surface area contributed by atoms with Crippen molar-refractivity contribution < 1.29 is 29.7 Å². The number of aliphatic carboxylic acids is 3. The van der Waals surface area contributed by atoms with Crippen molar-refractivity contribution in [2.45, 2.75) is 315 Å². The normalized spacial score (nSPS) is 11.2. The van der Waals surface area contributed by atoms with Crippen LogP contribution in [0.15, 0.2) is 36.5 Å². The fourth-order valence-electron chi connectivity index (χ4n) is 8.00. The molecule has 0 N–H and O–H groups in total. The monoisotopic (exact) mass is 1200 g/mol. The standard InChI is InChI=1S/3C20H38O2S.C4H9.Sn/c3*1-2-3-4-5-6-7-8-9-10-11-12-13-14-15-16-17-18-23-19-20(21)22;1-3-4-2;/h3*9-10H,2-8,11-19H2,1H3,(H,21,22);1,3-4H2,2H3;/q;;;;+3/p-3. The van der Waals surface area contributed by atoms with Gasteiger partial charge in [0, 0.05) is 17.3 Å². The minimum atomic E-state index is -0.945. The summed E-state index contributed by atoms with van der Waals surface area (Å²) in [5.74, 6) is 0.458. The Kier molecular flexibility index (Phi) is 85.3. The Morgan fingerprint density at radius 3 is 0.622 bits per heavy atom. The second-order valence-electron chi connectivity index (χ2n) is 20.2. The summed E-state index contributed by atoms with van der Waals surface area (Å²) in [6.07, 6.45) is 72.2. The first-order valence-corrected chi connectivity index (χ1v) is 36.6. The number of hydrogen-bond acceptors (Lipinski definition) is 9. The number of thioether (sulfide) groups is 3. The number of carboxylic acids is 3. The van der Waals surface area contributed by atoms with Gasteiger partial charge in [-0.05, 0) is 114 Å². The van der Waals surface area contributed by atoms with E-state index in [1.807, 2.05) is 0 Å². The minimum absolute atomic E-state index is 0.144. The molecule has 434 valence electrons. The van der Waals surface area contributed by atoms with Gasteiger partial charge in [0.1, 0.15) is 0 Å². The molecule has 0 heterocycles. The van der Waals surface area contributed by atoms with Gasteiger partial charge in [-0.25, -0.2) is 0 Å². The van der Waals surface area contributed by atoms with E-state index in [4.69, 9.17) is 0 Å². The molecule has 0 rings (SSSR count). The van der Waals surface area contributed by atoms with Crippen LogP contribution in [0.5, 0.6) is 0 Å². The molecule has 0 amide bonds. The number of rotatable bonds is 56. The number of allylic oxidation sites excluding steroid dienone is 6. The van der Waals surface area contributed by atoms with Gasteiger partial charge in [-0.15, -0.1) is 0 Å². The number of unbranched alkanes of at least 4 members (excludes halogenated alkanes) is 37. The molecule has 0 spiro atoms. The van der Waals surface area contributed by atoms with Crippen LogP contribution >= 0.6 is 35.3 Å². The molecule has 0 aromatic carbocycles. The molecular formula is C64H120O6S3Sn. The maximum absolute atomic E-state index is 10.2. The van der Waals surface area contributed by atoms with Crippen LogP contribution in [-0.2, 0) is 14.4 Å². The van der Waals surface area contributed by atoms with Crippen LogP contribution < -0.4 is 15.3 Å². The first-order chi connectivity index (χ1) is 36.2. The van der Waals surface area contributed by atoms with E-state index in [-0.39, 0.29) is 17.3 Å². The first kappa shape index (κ1) is 80.0. The van der Waals surface area contributed by atoms with Crippen molar-refractivity contribution in [2.75, 3.05) is 34.5 Å². The zero-order valence-electron chi connectivity index (χ0n) is 49.2. The van der Waals surface area contributed by atoms with E-state index < -0.39 is 17.9 Å². The van der Waals surface area contributed by atoms with Gasteiger partial charge in [0.25, 0.3) is 0 Å². The van der Waals surface area contributed by atoms with Gasteiger partial charge in [-0.3, -0.25) is 0 Å². The predicted molar refractivity (Wildman–Crippen MR) is 331 cm³/mol. The molecule has 0 fully saturated rings. The summed E-state index contributed by atoms with van der Waals surface area (Å²) in [4.78, 5) is 30.7. The molecule has 74 heavy (non-hydrogen) atoms. The summed E-state index contributed by atoms with van der Waals surface area (Å²) in [5, 5.41) is 30.7. The number of hydrogen-bond donors (Lipinski definition) is 0. The average Bonchev–Trinajstić information content (AvgIpc) is 3.38. The summed E-state index contributed by atoms with van der Waals surface area (Å²) < 4.78 is 1.43. The molecule has 6 nitrogen and oxygen atoms in total. The molecule has 0 aliphatic carbocycles. The molecule has 0 aliphatic rings. The summed E-state index contributed by atoms with van der Waals surface area (Å²) in [5.41, 5.74) is 0. The summed E-state index contributed by atoms with van der Waals surface area (Å²) in [6.45, 7) is 9.02. The quantitative estimate of drug-likeness (QED) is 0.0333. The third-order valence-corrected chi connectivity index (χ3v) is 16.7. The average molecular weight is 1200 g/mol. The van der Waals surface area contributed by atoms with Crippen molar-refractivity contribution in [3.8, 4) is 0 Å². The van der Waals surface area contributed by atoms with Gasteiger partial charge >= 0.3 is 46.7 Å². The zero-order valence-corrected chi connectivity index (χ0v) is 54.5. The second kappa shape index (κ2) is 79.0. The van der Waals surface area contributed by atoms with Crippen molar-refractivity contribution in [1.82, 2.24) is 0 Å².